The van der Waals surface area contributed by atoms with Crippen molar-refractivity contribution in [1.82, 2.24) is 14.5 Å². The number of likely N-dealkylation sites (N-methyl/N-ethyl adjacent to an activating group) is 1. The number of anilines is 1. The molecule has 0 atom stereocenters. The highest BCUT2D eigenvalue weighted by Gasteiger charge is 2.04. The zero-order valence-electron chi connectivity index (χ0n) is 11.3. The van der Waals surface area contributed by atoms with E-state index in [0.717, 1.165) is 32.2 Å². The van der Waals surface area contributed by atoms with Crippen LogP contribution in [0.2, 0.25) is 0 Å². The topological polar surface area (TPSA) is 42.3 Å². The van der Waals surface area contributed by atoms with Crippen LogP contribution in [0.15, 0.2) is 12.4 Å². The lowest BCUT2D eigenvalue weighted by Gasteiger charge is -2.18. The molecule has 0 radical (unpaired) electrons. The van der Waals surface area contributed by atoms with E-state index in [0.29, 0.717) is 6.04 Å². The van der Waals surface area contributed by atoms with Crippen molar-refractivity contribution in [2.45, 2.75) is 26.4 Å². The SMILES string of the molecule is COCCN(C)CCn1ccnc1NC(C)C. The summed E-state index contributed by atoms with van der Waals surface area (Å²) in [6.07, 6.45) is 3.84. The van der Waals surface area contributed by atoms with Gasteiger partial charge in [-0.25, -0.2) is 4.98 Å². The number of imidazole rings is 1. The van der Waals surface area contributed by atoms with Crippen LogP contribution in [0.3, 0.4) is 0 Å². The molecule has 5 nitrogen and oxygen atoms in total. The van der Waals surface area contributed by atoms with Gasteiger partial charge in [0.05, 0.1) is 6.61 Å². The van der Waals surface area contributed by atoms with Gasteiger partial charge < -0.3 is 19.5 Å². The lowest BCUT2D eigenvalue weighted by atomic mass is 10.4. The molecular formula is C12H24N4O. The van der Waals surface area contributed by atoms with E-state index >= 15 is 0 Å². The van der Waals surface area contributed by atoms with Crippen molar-refractivity contribution in [2.75, 3.05) is 39.2 Å². The quantitative estimate of drug-likeness (QED) is 0.743. The van der Waals surface area contributed by atoms with Gasteiger partial charge in [-0.15, -0.1) is 0 Å². The van der Waals surface area contributed by atoms with Crippen molar-refractivity contribution in [3.05, 3.63) is 12.4 Å². The third-order valence-corrected chi connectivity index (χ3v) is 2.53. The van der Waals surface area contributed by atoms with Gasteiger partial charge in [0, 0.05) is 45.2 Å². The van der Waals surface area contributed by atoms with Gasteiger partial charge in [-0.2, -0.15) is 0 Å². The second-order valence-electron chi connectivity index (χ2n) is 4.54. The number of ether oxygens (including phenoxy) is 1. The molecule has 98 valence electrons. The second kappa shape index (κ2) is 7.29. The number of nitrogens with one attached hydrogen (secondary N) is 1. The Kier molecular flexibility index (Phi) is 6.00. The van der Waals surface area contributed by atoms with E-state index < -0.39 is 0 Å². The van der Waals surface area contributed by atoms with Crippen LogP contribution in [0.25, 0.3) is 0 Å². The molecule has 0 amide bonds. The number of hydrogen-bond donors (Lipinski definition) is 1. The second-order valence-corrected chi connectivity index (χ2v) is 4.54. The standard InChI is InChI=1S/C12H24N4O/c1-11(2)14-12-13-5-6-16(12)8-7-15(3)9-10-17-4/h5-6,11H,7-10H2,1-4H3,(H,13,14). The third kappa shape index (κ3) is 5.19. The zero-order valence-corrected chi connectivity index (χ0v) is 11.3. The summed E-state index contributed by atoms with van der Waals surface area (Å²) < 4.78 is 7.19. The van der Waals surface area contributed by atoms with Crippen LogP contribution in [-0.2, 0) is 11.3 Å². The van der Waals surface area contributed by atoms with Crippen molar-refractivity contribution >= 4 is 5.95 Å². The van der Waals surface area contributed by atoms with Crippen molar-refractivity contribution in [3.8, 4) is 0 Å². The Balaban J connectivity index is 2.38. The molecule has 0 aliphatic heterocycles. The smallest absolute Gasteiger partial charge is 0.203 e. The number of aromatic nitrogens is 2. The van der Waals surface area contributed by atoms with E-state index in [4.69, 9.17) is 4.74 Å². The molecule has 17 heavy (non-hydrogen) atoms. The average molecular weight is 240 g/mol. The van der Waals surface area contributed by atoms with Crippen LogP contribution in [0.1, 0.15) is 13.8 Å². The third-order valence-electron chi connectivity index (χ3n) is 2.53. The number of nitrogens with zero attached hydrogens (tertiary/aromatic N) is 3. The highest BCUT2D eigenvalue weighted by atomic mass is 16.5. The minimum Gasteiger partial charge on any atom is -0.383 e. The van der Waals surface area contributed by atoms with Crippen molar-refractivity contribution < 1.29 is 4.74 Å². The summed E-state index contributed by atoms with van der Waals surface area (Å²) in [5.74, 6) is 0.945. The van der Waals surface area contributed by atoms with Crippen molar-refractivity contribution in [3.63, 3.8) is 0 Å². The van der Waals surface area contributed by atoms with Crippen molar-refractivity contribution in [2.24, 2.45) is 0 Å². The average Bonchev–Trinajstić information content (AvgIpc) is 2.70. The number of methoxy groups -OCH3 is 1. The molecule has 1 aromatic heterocycles. The Morgan fingerprint density at radius 1 is 1.47 bits per heavy atom. The molecule has 5 heteroatoms. The Labute approximate surface area is 104 Å². The minimum absolute atomic E-state index is 0.405. The molecular weight excluding hydrogens is 216 g/mol. The predicted octanol–water partition coefficient (Wildman–Crippen LogP) is 1.28. The summed E-state index contributed by atoms with van der Waals surface area (Å²) in [6, 6.07) is 0.405. The van der Waals surface area contributed by atoms with Crippen molar-refractivity contribution in [1.29, 1.82) is 0 Å². The summed E-state index contributed by atoms with van der Waals surface area (Å²) >= 11 is 0. The first-order valence-corrected chi connectivity index (χ1v) is 6.08. The monoisotopic (exact) mass is 240 g/mol. The maximum Gasteiger partial charge on any atom is 0.203 e. The molecule has 1 N–H and O–H groups in total. The minimum atomic E-state index is 0.405. The van der Waals surface area contributed by atoms with E-state index in [2.05, 4.69) is 40.7 Å². The van der Waals surface area contributed by atoms with Gasteiger partial charge in [0.25, 0.3) is 0 Å². The summed E-state index contributed by atoms with van der Waals surface area (Å²) in [5.41, 5.74) is 0. The Morgan fingerprint density at radius 2 is 2.24 bits per heavy atom. The molecule has 0 aliphatic carbocycles. The molecule has 0 fully saturated rings. The lowest BCUT2D eigenvalue weighted by Crippen LogP contribution is -2.27. The molecule has 0 saturated heterocycles. The molecule has 0 spiro atoms. The van der Waals surface area contributed by atoms with E-state index in [1.807, 2.05) is 12.4 Å². The van der Waals surface area contributed by atoms with Gasteiger partial charge in [-0.3, -0.25) is 0 Å². The molecule has 0 bridgehead atoms. The fourth-order valence-corrected chi connectivity index (χ4v) is 1.53. The van der Waals surface area contributed by atoms with Crippen LogP contribution in [-0.4, -0.2) is 54.3 Å². The highest BCUT2D eigenvalue weighted by molar-refractivity contribution is 5.26. The maximum atomic E-state index is 5.05. The number of rotatable bonds is 8. The van der Waals surface area contributed by atoms with E-state index in [1.54, 1.807) is 7.11 Å². The molecule has 1 aromatic rings. The molecule has 0 aliphatic rings. The summed E-state index contributed by atoms with van der Waals surface area (Å²) in [4.78, 5) is 6.56. The van der Waals surface area contributed by atoms with Crippen LogP contribution < -0.4 is 5.32 Å². The lowest BCUT2D eigenvalue weighted by molar-refractivity contribution is 0.159. The van der Waals surface area contributed by atoms with Crippen LogP contribution in [0.4, 0.5) is 5.95 Å². The van der Waals surface area contributed by atoms with E-state index in [-0.39, 0.29) is 0 Å². The molecule has 0 saturated carbocycles. The molecule has 0 aromatic carbocycles. The fraction of sp³-hybridized carbons (Fsp3) is 0.750. The Morgan fingerprint density at radius 3 is 2.88 bits per heavy atom. The van der Waals surface area contributed by atoms with E-state index in [1.165, 1.54) is 0 Å². The molecule has 0 unspecified atom stereocenters. The largest absolute Gasteiger partial charge is 0.383 e. The first kappa shape index (κ1) is 14.0. The van der Waals surface area contributed by atoms with Gasteiger partial charge in [0.1, 0.15) is 0 Å². The molecule has 1 heterocycles. The van der Waals surface area contributed by atoms with Crippen LogP contribution in [0.5, 0.6) is 0 Å². The van der Waals surface area contributed by atoms with Crippen LogP contribution in [0, 0.1) is 0 Å². The maximum absolute atomic E-state index is 5.05. The van der Waals surface area contributed by atoms with Gasteiger partial charge in [-0.05, 0) is 20.9 Å². The highest BCUT2D eigenvalue weighted by Crippen LogP contribution is 2.05. The Bertz CT molecular complexity index is 311. The van der Waals surface area contributed by atoms with Gasteiger partial charge >= 0.3 is 0 Å². The summed E-state index contributed by atoms with van der Waals surface area (Å²) in [6.45, 7) is 7.89. The first-order valence-electron chi connectivity index (χ1n) is 6.08. The van der Waals surface area contributed by atoms with E-state index in [9.17, 15) is 0 Å². The summed E-state index contributed by atoms with van der Waals surface area (Å²) in [7, 11) is 3.83. The summed E-state index contributed by atoms with van der Waals surface area (Å²) in [5, 5.41) is 3.33. The molecule has 1 rings (SSSR count). The predicted molar refractivity (Wildman–Crippen MR) is 70.4 cm³/mol. The van der Waals surface area contributed by atoms with Gasteiger partial charge in [-0.1, -0.05) is 0 Å². The first-order chi connectivity index (χ1) is 8.13. The zero-order chi connectivity index (χ0) is 12.7. The Hall–Kier alpha value is -1.07. The van der Waals surface area contributed by atoms with Crippen LogP contribution >= 0.6 is 0 Å². The van der Waals surface area contributed by atoms with Gasteiger partial charge in [0.15, 0.2) is 0 Å². The normalized spacial score (nSPS) is 11.4. The number of hydrogen-bond acceptors (Lipinski definition) is 4. The van der Waals surface area contributed by atoms with Gasteiger partial charge in [0.2, 0.25) is 5.95 Å². The fourth-order valence-electron chi connectivity index (χ4n) is 1.53.